The van der Waals surface area contributed by atoms with E-state index in [9.17, 15) is 4.79 Å². The number of benzene rings is 2. The van der Waals surface area contributed by atoms with Crippen LogP contribution in [0, 0.1) is 0 Å². The molecule has 0 atom stereocenters. The van der Waals surface area contributed by atoms with Crippen molar-refractivity contribution in [2.45, 2.75) is 6.42 Å². The topological polar surface area (TPSA) is 55.1 Å². The average molecular weight is 313 g/mol. The lowest BCUT2D eigenvalue weighted by atomic mass is 10.1. The number of halogens is 1. The summed E-state index contributed by atoms with van der Waals surface area (Å²) in [7, 11) is 0. The van der Waals surface area contributed by atoms with E-state index in [-0.39, 0.29) is 5.91 Å². The van der Waals surface area contributed by atoms with Gasteiger partial charge in [-0.05, 0) is 23.8 Å². The van der Waals surface area contributed by atoms with Crippen LogP contribution in [0.25, 0.3) is 11.3 Å². The maximum absolute atomic E-state index is 12.0. The van der Waals surface area contributed by atoms with Crippen LogP contribution in [-0.4, -0.2) is 10.9 Å². The average Bonchev–Trinajstić information content (AvgIpc) is 3.02. The van der Waals surface area contributed by atoms with Gasteiger partial charge >= 0.3 is 0 Å². The van der Waals surface area contributed by atoms with Crippen LogP contribution in [0.5, 0.6) is 0 Å². The molecule has 5 heteroatoms. The number of nitrogens with zero attached hydrogens (tertiary/aromatic N) is 1. The van der Waals surface area contributed by atoms with E-state index in [1.807, 2.05) is 30.3 Å². The van der Waals surface area contributed by atoms with E-state index < -0.39 is 0 Å². The smallest absolute Gasteiger partial charge is 0.228 e. The van der Waals surface area contributed by atoms with Gasteiger partial charge in [-0.25, -0.2) is 4.98 Å². The van der Waals surface area contributed by atoms with Crippen molar-refractivity contribution in [2.75, 3.05) is 5.32 Å². The lowest BCUT2D eigenvalue weighted by Crippen LogP contribution is -2.14. The molecule has 0 unspecified atom stereocenters. The molecule has 0 saturated carbocycles. The minimum absolute atomic E-state index is 0.0883. The van der Waals surface area contributed by atoms with Gasteiger partial charge in [0.05, 0.1) is 17.6 Å². The first-order valence-corrected chi connectivity index (χ1v) is 7.12. The molecule has 1 N–H and O–H groups in total. The van der Waals surface area contributed by atoms with Gasteiger partial charge in [-0.1, -0.05) is 41.9 Å². The molecule has 1 aromatic heterocycles. The zero-order valence-corrected chi connectivity index (χ0v) is 12.4. The Morgan fingerprint density at radius 2 is 2.00 bits per heavy atom. The van der Waals surface area contributed by atoms with E-state index in [1.54, 1.807) is 24.4 Å². The molecule has 22 heavy (non-hydrogen) atoms. The van der Waals surface area contributed by atoms with Gasteiger partial charge in [-0.2, -0.15) is 0 Å². The summed E-state index contributed by atoms with van der Waals surface area (Å²) in [4.78, 5) is 15.9. The minimum atomic E-state index is -0.0883. The zero-order valence-electron chi connectivity index (χ0n) is 11.6. The molecule has 3 rings (SSSR count). The second-order valence-corrected chi connectivity index (χ2v) is 5.18. The number of hydrogen-bond acceptors (Lipinski definition) is 3. The normalized spacial score (nSPS) is 10.4. The first-order chi connectivity index (χ1) is 10.7. The van der Waals surface area contributed by atoms with Crippen molar-refractivity contribution in [3.63, 3.8) is 0 Å². The number of hydrogen-bond donors (Lipinski definition) is 1. The molecular weight excluding hydrogens is 300 g/mol. The van der Waals surface area contributed by atoms with E-state index in [0.717, 1.165) is 11.1 Å². The maximum atomic E-state index is 12.0. The van der Waals surface area contributed by atoms with Crippen molar-refractivity contribution in [2.24, 2.45) is 0 Å². The molecule has 4 nitrogen and oxygen atoms in total. The van der Waals surface area contributed by atoms with Crippen LogP contribution in [0.4, 0.5) is 5.69 Å². The molecule has 0 radical (unpaired) electrons. The monoisotopic (exact) mass is 312 g/mol. The van der Waals surface area contributed by atoms with Gasteiger partial charge in [0.2, 0.25) is 5.91 Å². The molecule has 1 heterocycles. The maximum Gasteiger partial charge on any atom is 0.228 e. The fourth-order valence-electron chi connectivity index (χ4n) is 2.13. The standard InChI is InChI=1S/C17H13ClN2O2/c18-15-9-13(6-7-14(15)16-10-19-11-22-16)20-17(21)8-12-4-2-1-3-5-12/h1-7,9-11H,8H2,(H,20,21). The number of nitrogens with one attached hydrogen (secondary N) is 1. The minimum Gasteiger partial charge on any atom is -0.443 e. The lowest BCUT2D eigenvalue weighted by Gasteiger charge is -2.07. The van der Waals surface area contributed by atoms with Crippen LogP contribution >= 0.6 is 11.6 Å². The highest BCUT2D eigenvalue weighted by molar-refractivity contribution is 6.33. The van der Waals surface area contributed by atoms with Crippen LogP contribution in [0.15, 0.2) is 65.5 Å². The predicted molar refractivity (Wildman–Crippen MR) is 85.7 cm³/mol. The third kappa shape index (κ3) is 3.35. The van der Waals surface area contributed by atoms with E-state index in [4.69, 9.17) is 16.0 Å². The quantitative estimate of drug-likeness (QED) is 0.786. The summed E-state index contributed by atoms with van der Waals surface area (Å²) >= 11 is 6.23. The summed E-state index contributed by atoms with van der Waals surface area (Å²) in [5.74, 6) is 0.502. The van der Waals surface area contributed by atoms with Crippen LogP contribution in [0.2, 0.25) is 5.02 Å². The van der Waals surface area contributed by atoms with Crippen LogP contribution in [0.1, 0.15) is 5.56 Å². The van der Waals surface area contributed by atoms with Crippen LogP contribution < -0.4 is 5.32 Å². The number of anilines is 1. The molecule has 0 spiro atoms. The van der Waals surface area contributed by atoms with Gasteiger partial charge in [0.1, 0.15) is 0 Å². The summed E-state index contributed by atoms with van der Waals surface area (Å²) in [5.41, 5.74) is 2.35. The van der Waals surface area contributed by atoms with E-state index in [1.165, 1.54) is 6.39 Å². The molecule has 1 amide bonds. The number of carbonyl (C=O) groups is 1. The SMILES string of the molecule is O=C(Cc1ccccc1)Nc1ccc(-c2cnco2)c(Cl)c1. The summed E-state index contributed by atoms with van der Waals surface area (Å²) in [6, 6.07) is 14.8. The highest BCUT2D eigenvalue weighted by atomic mass is 35.5. The lowest BCUT2D eigenvalue weighted by molar-refractivity contribution is -0.115. The summed E-state index contributed by atoms with van der Waals surface area (Å²) in [6.45, 7) is 0. The fourth-order valence-corrected chi connectivity index (χ4v) is 2.40. The Labute approximate surface area is 132 Å². The van der Waals surface area contributed by atoms with Crippen molar-refractivity contribution in [3.8, 4) is 11.3 Å². The second kappa shape index (κ2) is 6.45. The molecule has 0 bridgehead atoms. The van der Waals surface area contributed by atoms with Gasteiger partial charge in [-0.3, -0.25) is 4.79 Å². The van der Waals surface area contributed by atoms with Gasteiger partial charge in [0.15, 0.2) is 12.2 Å². The van der Waals surface area contributed by atoms with E-state index >= 15 is 0 Å². The van der Waals surface area contributed by atoms with Gasteiger partial charge in [0, 0.05) is 11.3 Å². The molecule has 3 aromatic rings. The Morgan fingerprint density at radius 3 is 2.68 bits per heavy atom. The first-order valence-electron chi connectivity index (χ1n) is 6.74. The molecule has 0 saturated heterocycles. The molecule has 0 aliphatic rings. The Balaban J connectivity index is 1.71. The van der Waals surface area contributed by atoms with Crippen LogP contribution in [-0.2, 0) is 11.2 Å². The highest BCUT2D eigenvalue weighted by Gasteiger charge is 2.09. The number of rotatable bonds is 4. The Hall–Kier alpha value is -2.59. The number of aromatic nitrogens is 1. The van der Waals surface area contributed by atoms with Crippen molar-refractivity contribution < 1.29 is 9.21 Å². The van der Waals surface area contributed by atoms with E-state index in [2.05, 4.69) is 10.3 Å². The van der Waals surface area contributed by atoms with E-state index in [0.29, 0.717) is 22.9 Å². The third-order valence-electron chi connectivity index (χ3n) is 3.16. The number of amides is 1. The van der Waals surface area contributed by atoms with Crippen molar-refractivity contribution in [1.29, 1.82) is 0 Å². The highest BCUT2D eigenvalue weighted by Crippen LogP contribution is 2.30. The predicted octanol–water partition coefficient (Wildman–Crippen LogP) is 4.18. The Morgan fingerprint density at radius 1 is 1.18 bits per heavy atom. The molecule has 0 fully saturated rings. The van der Waals surface area contributed by atoms with Gasteiger partial charge in [0.25, 0.3) is 0 Å². The zero-order chi connectivity index (χ0) is 15.4. The summed E-state index contributed by atoms with van der Waals surface area (Å²) < 4.78 is 5.22. The Kier molecular flexibility index (Phi) is 4.21. The molecule has 0 aliphatic carbocycles. The van der Waals surface area contributed by atoms with Gasteiger partial charge < -0.3 is 9.73 Å². The first kappa shape index (κ1) is 14.4. The number of carbonyl (C=O) groups excluding carboxylic acids is 1. The number of oxazole rings is 1. The molecule has 2 aromatic carbocycles. The van der Waals surface area contributed by atoms with Gasteiger partial charge in [-0.15, -0.1) is 0 Å². The third-order valence-corrected chi connectivity index (χ3v) is 3.47. The van der Waals surface area contributed by atoms with Crippen molar-refractivity contribution in [3.05, 3.63) is 71.7 Å². The second-order valence-electron chi connectivity index (χ2n) is 4.77. The Bertz CT molecular complexity index is 771. The van der Waals surface area contributed by atoms with Crippen molar-refractivity contribution >= 4 is 23.2 Å². The summed E-state index contributed by atoms with van der Waals surface area (Å²) in [5, 5.41) is 3.33. The van der Waals surface area contributed by atoms with Crippen LogP contribution in [0.3, 0.4) is 0 Å². The summed E-state index contributed by atoms with van der Waals surface area (Å²) in [6.07, 6.45) is 3.26. The van der Waals surface area contributed by atoms with Crippen molar-refractivity contribution in [1.82, 2.24) is 4.98 Å². The fraction of sp³-hybridized carbons (Fsp3) is 0.0588. The molecule has 0 aliphatic heterocycles. The molecular formula is C17H13ClN2O2. The largest absolute Gasteiger partial charge is 0.443 e. The molecule has 110 valence electrons.